The molecule has 0 aliphatic carbocycles. The molecule has 3 rings (SSSR count). The van der Waals surface area contributed by atoms with Gasteiger partial charge in [-0.2, -0.15) is 10.2 Å². The van der Waals surface area contributed by atoms with Gasteiger partial charge in [-0.3, -0.25) is 19.1 Å². The van der Waals surface area contributed by atoms with Gasteiger partial charge in [-0.1, -0.05) is 0 Å². The van der Waals surface area contributed by atoms with E-state index in [0.29, 0.717) is 12.6 Å². The Morgan fingerprint density at radius 2 is 2.00 bits per heavy atom. The lowest BCUT2D eigenvalue weighted by Crippen LogP contribution is -2.39. The Balaban J connectivity index is 1.60. The number of carbonyl (C=O) groups excluding carboxylic acids is 1. The third kappa shape index (κ3) is 3.67. The van der Waals surface area contributed by atoms with Crippen LogP contribution in [0.25, 0.3) is 0 Å². The van der Waals surface area contributed by atoms with Crippen molar-refractivity contribution in [1.82, 2.24) is 24.5 Å². The number of hydrogen-bond acceptors (Lipinski definition) is 4. The van der Waals surface area contributed by atoms with Gasteiger partial charge in [-0.15, -0.1) is 0 Å². The molecule has 0 bridgehead atoms. The van der Waals surface area contributed by atoms with Crippen LogP contribution in [-0.4, -0.2) is 49.5 Å². The zero-order chi connectivity index (χ0) is 17.3. The summed E-state index contributed by atoms with van der Waals surface area (Å²) in [6, 6.07) is 4.34. The lowest BCUT2D eigenvalue weighted by Gasteiger charge is -2.24. The molecule has 1 aliphatic heterocycles. The molecular formula is C17H26N6O. The monoisotopic (exact) mass is 330 g/mol. The van der Waals surface area contributed by atoms with E-state index in [9.17, 15) is 4.79 Å². The van der Waals surface area contributed by atoms with Crippen molar-refractivity contribution in [2.24, 2.45) is 7.05 Å². The number of aromatic nitrogens is 4. The maximum absolute atomic E-state index is 12.4. The molecule has 2 aromatic rings. The summed E-state index contributed by atoms with van der Waals surface area (Å²) in [7, 11) is 1.84. The Morgan fingerprint density at radius 1 is 1.25 bits per heavy atom. The van der Waals surface area contributed by atoms with Crippen LogP contribution in [0.5, 0.6) is 0 Å². The van der Waals surface area contributed by atoms with E-state index in [1.165, 1.54) is 5.69 Å². The molecule has 1 unspecified atom stereocenters. The van der Waals surface area contributed by atoms with Gasteiger partial charge in [-0.25, -0.2) is 0 Å². The molecule has 1 aliphatic rings. The molecule has 1 amide bonds. The van der Waals surface area contributed by atoms with Crippen LogP contribution in [0.1, 0.15) is 29.9 Å². The second kappa shape index (κ2) is 6.76. The van der Waals surface area contributed by atoms with E-state index < -0.39 is 0 Å². The maximum atomic E-state index is 12.4. The number of rotatable bonds is 5. The minimum Gasteiger partial charge on any atom is -0.310 e. The fourth-order valence-corrected chi connectivity index (χ4v) is 3.46. The van der Waals surface area contributed by atoms with Gasteiger partial charge in [0.1, 0.15) is 5.82 Å². The molecule has 1 fully saturated rings. The minimum absolute atomic E-state index is 0.0123. The Bertz CT molecular complexity index is 732. The van der Waals surface area contributed by atoms with Gasteiger partial charge in [0.15, 0.2) is 0 Å². The molecule has 1 saturated heterocycles. The number of amides is 1. The average molecular weight is 330 g/mol. The number of aryl methyl sites for hydroxylation is 4. The molecule has 0 radical (unpaired) electrons. The third-order valence-electron chi connectivity index (χ3n) is 4.60. The minimum atomic E-state index is 0.0123. The highest BCUT2D eigenvalue weighted by atomic mass is 16.2. The SMILES string of the molecule is Cc1cc(NC(=O)CN2CCCC2Cn2nc(C)cc2C)n(C)n1. The third-order valence-corrected chi connectivity index (χ3v) is 4.60. The van der Waals surface area contributed by atoms with Crippen LogP contribution < -0.4 is 5.32 Å². The van der Waals surface area contributed by atoms with Crippen LogP contribution in [0.15, 0.2) is 12.1 Å². The van der Waals surface area contributed by atoms with Crippen molar-refractivity contribution in [2.45, 2.75) is 46.2 Å². The van der Waals surface area contributed by atoms with Crippen LogP contribution >= 0.6 is 0 Å². The van der Waals surface area contributed by atoms with Gasteiger partial charge in [0.05, 0.1) is 24.5 Å². The van der Waals surface area contributed by atoms with Crippen molar-refractivity contribution in [3.63, 3.8) is 0 Å². The Hall–Kier alpha value is -2.15. The molecule has 0 aromatic carbocycles. The van der Waals surface area contributed by atoms with Crippen molar-refractivity contribution in [3.05, 3.63) is 29.2 Å². The first-order chi connectivity index (χ1) is 11.4. The maximum Gasteiger partial charge on any atom is 0.239 e. The summed E-state index contributed by atoms with van der Waals surface area (Å²) in [6.45, 7) is 8.23. The Kier molecular flexibility index (Phi) is 4.71. The first-order valence-electron chi connectivity index (χ1n) is 8.48. The number of hydrogen-bond donors (Lipinski definition) is 1. The van der Waals surface area contributed by atoms with E-state index in [1.54, 1.807) is 4.68 Å². The molecule has 0 spiro atoms. The van der Waals surface area contributed by atoms with Crippen molar-refractivity contribution in [3.8, 4) is 0 Å². The van der Waals surface area contributed by atoms with Crippen molar-refractivity contribution in [1.29, 1.82) is 0 Å². The Morgan fingerprint density at radius 3 is 2.62 bits per heavy atom. The predicted octanol–water partition coefficient (Wildman–Crippen LogP) is 1.64. The predicted molar refractivity (Wildman–Crippen MR) is 92.9 cm³/mol. The lowest BCUT2D eigenvalue weighted by molar-refractivity contribution is -0.117. The van der Waals surface area contributed by atoms with E-state index in [-0.39, 0.29) is 5.91 Å². The molecule has 1 N–H and O–H groups in total. The molecule has 7 nitrogen and oxygen atoms in total. The van der Waals surface area contributed by atoms with E-state index in [2.05, 4.69) is 38.1 Å². The van der Waals surface area contributed by atoms with Crippen molar-refractivity contribution < 1.29 is 4.79 Å². The number of nitrogens with one attached hydrogen (secondary N) is 1. The van der Waals surface area contributed by atoms with Crippen LogP contribution in [0, 0.1) is 20.8 Å². The molecule has 0 saturated carbocycles. The van der Waals surface area contributed by atoms with Crippen molar-refractivity contribution >= 4 is 11.7 Å². The van der Waals surface area contributed by atoms with Crippen LogP contribution in [0.2, 0.25) is 0 Å². The summed E-state index contributed by atoms with van der Waals surface area (Å²) in [5.41, 5.74) is 3.12. The van der Waals surface area contributed by atoms with E-state index in [1.807, 2.05) is 27.0 Å². The second-order valence-corrected chi connectivity index (χ2v) is 6.72. The summed E-state index contributed by atoms with van der Waals surface area (Å²) < 4.78 is 3.76. The molecular weight excluding hydrogens is 304 g/mol. The molecule has 24 heavy (non-hydrogen) atoms. The summed E-state index contributed by atoms with van der Waals surface area (Å²) in [5, 5.41) is 11.8. The number of likely N-dealkylation sites (tertiary alicyclic amines) is 1. The van der Waals surface area contributed by atoms with Gasteiger partial charge < -0.3 is 5.32 Å². The second-order valence-electron chi connectivity index (χ2n) is 6.72. The van der Waals surface area contributed by atoms with Gasteiger partial charge in [0.2, 0.25) is 5.91 Å². The number of nitrogens with zero attached hydrogens (tertiary/aromatic N) is 5. The normalized spacial score (nSPS) is 18.2. The Labute approximate surface area is 142 Å². The highest BCUT2D eigenvalue weighted by molar-refractivity contribution is 5.91. The van der Waals surface area contributed by atoms with Gasteiger partial charge in [0.25, 0.3) is 0 Å². The van der Waals surface area contributed by atoms with Crippen LogP contribution in [-0.2, 0) is 18.4 Å². The van der Waals surface area contributed by atoms with E-state index in [4.69, 9.17) is 0 Å². The zero-order valence-corrected chi connectivity index (χ0v) is 14.9. The van der Waals surface area contributed by atoms with E-state index >= 15 is 0 Å². The topological polar surface area (TPSA) is 68.0 Å². The fourth-order valence-electron chi connectivity index (χ4n) is 3.46. The van der Waals surface area contributed by atoms with Gasteiger partial charge in [0, 0.05) is 24.8 Å². The standard InChI is InChI=1S/C17H26N6O/c1-12-8-14(3)23(20-12)10-15-6-5-7-22(15)11-17(24)18-16-9-13(2)19-21(16)4/h8-9,15H,5-7,10-11H2,1-4H3,(H,18,24). The quantitative estimate of drug-likeness (QED) is 0.905. The summed E-state index contributed by atoms with van der Waals surface area (Å²) in [6.07, 6.45) is 2.23. The van der Waals surface area contributed by atoms with Gasteiger partial charge >= 0.3 is 0 Å². The largest absolute Gasteiger partial charge is 0.310 e. The molecule has 2 aromatic heterocycles. The van der Waals surface area contributed by atoms with E-state index in [0.717, 1.165) is 43.1 Å². The number of anilines is 1. The summed E-state index contributed by atoms with van der Waals surface area (Å²) in [4.78, 5) is 14.6. The molecule has 1 atom stereocenters. The van der Waals surface area contributed by atoms with Crippen molar-refractivity contribution in [2.75, 3.05) is 18.4 Å². The first kappa shape index (κ1) is 16.7. The molecule has 130 valence electrons. The highest BCUT2D eigenvalue weighted by Gasteiger charge is 2.27. The summed E-state index contributed by atoms with van der Waals surface area (Å²) >= 11 is 0. The molecule has 3 heterocycles. The van der Waals surface area contributed by atoms with Crippen LogP contribution in [0.3, 0.4) is 0 Å². The van der Waals surface area contributed by atoms with Crippen LogP contribution in [0.4, 0.5) is 5.82 Å². The lowest BCUT2D eigenvalue weighted by atomic mass is 10.2. The first-order valence-corrected chi connectivity index (χ1v) is 8.48. The molecule has 7 heteroatoms. The fraction of sp³-hybridized carbons (Fsp3) is 0.588. The summed E-state index contributed by atoms with van der Waals surface area (Å²) in [5.74, 6) is 0.755. The highest BCUT2D eigenvalue weighted by Crippen LogP contribution is 2.19. The number of carbonyl (C=O) groups is 1. The smallest absolute Gasteiger partial charge is 0.239 e. The van der Waals surface area contributed by atoms with Gasteiger partial charge in [-0.05, 0) is 46.2 Å². The average Bonchev–Trinajstić information content (AvgIpc) is 3.13. The zero-order valence-electron chi connectivity index (χ0n) is 14.9.